The van der Waals surface area contributed by atoms with Crippen molar-refractivity contribution in [3.63, 3.8) is 0 Å². The van der Waals surface area contributed by atoms with E-state index in [4.69, 9.17) is 5.11 Å². The molecule has 26 heavy (non-hydrogen) atoms. The van der Waals surface area contributed by atoms with E-state index >= 15 is 0 Å². The van der Waals surface area contributed by atoms with Crippen LogP contribution in [0.1, 0.15) is 83.4 Å². The van der Waals surface area contributed by atoms with E-state index in [2.05, 4.69) is 65.8 Å². The molecule has 3 atom stereocenters. The highest BCUT2D eigenvalue weighted by Gasteiger charge is 2.59. The van der Waals surface area contributed by atoms with Gasteiger partial charge >= 0.3 is 5.97 Å². The Bertz CT molecular complexity index is 697. The molecule has 0 saturated heterocycles. The van der Waals surface area contributed by atoms with Crippen molar-refractivity contribution in [1.82, 2.24) is 0 Å². The summed E-state index contributed by atoms with van der Waals surface area (Å²) in [5.41, 5.74) is 5.20. The highest BCUT2D eigenvalue weighted by Crippen LogP contribution is 2.62. The van der Waals surface area contributed by atoms with E-state index in [0.29, 0.717) is 23.7 Å². The summed E-state index contributed by atoms with van der Waals surface area (Å²) >= 11 is 0. The fourth-order valence-corrected chi connectivity index (χ4v) is 4.21. The Morgan fingerprint density at radius 3 is 2.12 bits per heavy atom. The maximum atomic E-state index is 10.8. The van der Waals surface area contributed by atoms with Crippen molar-refractivity contribution in [2.75, 3.05) is 0 Å². The van der Waals surface area contributed by atoms with E-state index in [0.717, 1.165) is 12.0 Å². The van der Waals surface area contributed by atoms with Gasteiger partial charge in [-0.05, 0) is 52.9 Å². The Hall–Kier alpha value is -1.83. The Kier molecular flexibility index (Phi) is 6.16. The van der Waals surface area contributed by atoms with Crippen LogP contribution in [0.5, 0.6) is 0 Å². The van der Waals surface area contributed by atoms with Crippen LogP contribution in [0, 0.1) is 11.8 Å². The highest BCUT2D eigenvalue weighted by atomic mass is 16.4. The molecule has 0 heterocycles. The van der Waals surface area contributed by atoms with Crippen molar-refractivity contribution in [3.05, 3.63) is 58.7 Å². The summed E-state index contributed by atoms with van der Waals surface area (Å²) in [6.45, 7) is 15.5. The predicted molar refractivity (Wildman–Crippen MR) is 110 cm³/mol. The fourth-order valence-electron chi connectivity index (χ4n) is 4.21. The lowest BCUT2D eigenvalue weighted by Crippen LogP contribution is -2.09. The molecule has 0 bridgehead atoms. The van der Waals surface area contributed by atoms with Crippen molar-refractivity contribution < 1.29 is 9.90 Å². The van der Waals surface area contributed by atoms with Gasteiger partial charge in [0.25, 0.3) is 0 Å². The lowest BCUT2D eigenvalue weighted by atomic mass is 9.85. The molecule has 0 aromatic heterocycles. The minimum atomic E-state index is -0.885. The van der Waals surface area contributed by atoms with E-state index in [9.17, 15) is 4.79 Å². The SMILES string of the molecule is CC[C@@H]1[C@H](/C=C/C(C)=C/C(=O)O)[C@]1(C)c1cc(C(C)C)cc(C(C)C)c1. The highest BCUT2D eigenvalue weighted by molar-refractivity contribution is 5.81. The van der Waals surface area contributed by atoms with Gasteiger partial charge in [-0.15, -0.1) is 0 Å². The first kappa shape index (κ1) is 20.5. The summed E-state index contributed by atoms with van der Waals surface area (Å²) < 4.78 is 0. The summed E-state index contributed by atoms with van der Waals surface area (Å²) in [4.78, 5) is 10.8. The van der Waals surface area contributed by atoms with E-state index in [1.807, 2.05) is 13.0 Å². The van der Waals surface area contributed by atoms with Crippen LogP contribution in [0.3, 0.4) is 0 Å². The average molecular weight is 355 g/mol. The molecule has 0 radical (unpaired) electrons. The van der Waals surface area contributed by atoms with Crippen molar-refractivity contribution in [2.45, 2.75) is 72.1 Å². The maximum Gasteiger partial charge on any atom is 0.328 e. The summed E-state index contributed by atoms with van der Waals surface area (Å²) in [7, 11) is 0. The van der Waals surface area contributed by atoms with Crippen LogP contribution in [-0.2, 0) is 10.2 Å². The second-order valence-electron chi connectivity index (χ2n) is 8.61. The normalized spacial score (nSPS) is 26.1. The van der Waals surface area contributed by atoms with Crippen molar-refractivity contribution in [3.8, 4) is 0 Å². The number of hydrogen-bond acceptors (Lipinski definition) is 1. The van der Waals surface area contributed by atoms with Gasteiger partial charge in [-0.1, -0.05) is 78.3 Å². The monoisotopic (exact) mass is 354 g/mol. The summed E-state index contributed by atoms with van der Waals surface area (Å²) in [6.07, 6.45) is 6.60. The minimum Gasteiger partial charge on any atom is -0.478 e. The number of carbonyl (C=O) groups is 1. The zero-order valence-corrected chi connectivity index (χ0v) is 17.3. The van der Waals surface area contributed by atoms with E-state index in [1.165, 1.54) is 22.8 Å². The van der Waals surface area contributed by atoms with Gasteiger partial charge in [0, 0.05) is 11.5 Å². The molecule has 142 valence electrons. The van der Waals surface area contributed by atoms with Crippen LogP contribution < -0.4 is 0 Å². The first-order valence-electron chi connectivity index (χ1n) is 9.86. The van der Waals surface area contributed by atoms with Crippen LogP contribution >= 0.6 is 0 Å². The van der Waals surface area contributed by atoms with Crippen LogP contribution in [0.4, 0.5) is 0 Å². The molecule has 2 heteroatoms. The molecule has 2 nitrogen and oxygen atoms in total. The molecule has 1 N–H and O–H groups in total. The molecule has 1 aliphatic carbocycles. The molecule has 1 aromatic carbocycles. The van der Waals surface area contributed by atoms with Crippen LogP contribution in [0.2, 0.25) is 0 Å². The molecule has 1 aromatic rings. The van der Waals surface area contributed by atoms with E-state index in [-0.39, 0.29) is 5.41 Å². The van der Waals surface area contributed by atoms with Gasteiger partial charge in [0.1, 0.15) is 0 Å². The van der Waals surface area contributed by atoms with Crippen LogP contribution in [0.15, 0.2) is 42.0 Å². The standard InChI is InChI=1S/C24H34O2/c1-8-21-22(10-9-17(6)11-23(25)26)24(21,7)20-13-18(15(2)3)12-19(14-20)16(4)5/h9-16,21-22H,8H2,1-7H3,(H,25,26)/b10-9+,17-11+/t21-,22+,24-/m1/s1. The summed E-state index contributed by atoms with van der Waals surface area (Å²) in [5, 5.41) is 8.90. The Balaban J connectivity index is 2.39. The fraction of sp³-hybridized carbons (Fsp3) is 0.542. The zero-order valence-electron chi connectivity index (χ0n) is 17.3. The average Bonchev–Trinajstić information content (AvgIpc) is 3.16. The number of aliphatic carboxylic acids is 1. The van der Waals surface area contributed by atoms with Crippen LogP contribution in [-0.4, -0.2) is 11.1 Å². The largest absolute Gasteiger partial charge is 0.478 e. The summed E-state index contributed by atoms with van der Waals surface area (Å²) in [5.74, 6) is 1.23. The van der Waals surface area contributed by atoms with Crippen LogP contribution in [0.25, 0.3) is 0 Å². The topological polar surface area (TPSA) is 37.3 Å². The lowest BCUT2D eigenvalue weighted by Gasteiger charge is -2.19. The molecule has 0 spiro atoms. The Morgan fingerprint density at radius 2 is 1.69 bits per heavy atom. The first-order chi connectivity index (χ1) is 12.1. The zero-order chi connectivity index (χ0) is 19.6. The van der Waals surface area contributed by atoms with Crippen molar-refractivity contribution in [2.24, 2.45) is 11.8 Å². The number of benzene rings is 1. The Labute approximate surface area is 159 Å². The number of carboxylic acids is 1. The summed E-state index contributed by atoms with van der Waals surface area (Å²) in [6, 6.07) is 7.15. The molecule has 1 aliphatic rings. The van der Waals surface area contributed by atoms with Gasteiger partial charge < -0.3 is 5.11 Å². The Morgan fingerprint density at radius 1 is 1.15 bits per heavy atom. The van der Waals surface area contributed by atoms with E-state index in [1.54, 1.807) is 0 Å². The molecule has 0 aliphatic heterocycles. The third-order valence-corrected chi connectivity index (χ3v) is 6.08. The predicted octanol–water partition coefficient (Wildman–Crippen LogP) is 6.43. The quantitative estimate of drug-likeness (QED) is 0.452. The number of allylic oxidation sites excluding steroid dienone is 3. The number of hydrogen-bond donors (Lipinski definition) is 1. The minimum absolute atomic E-state index is 0.142. The van der Waals surface area contributed by atoms with Gasteiger partial charge in [0.05, 0.1) is 0 Å². The number of carboxylic acid groups (broad SMARTS) is 1. The van der Waals surface area contributed by atoms with Gasteiger partial charge in [-0.3, -0.25) is 0 Å². The molecule has 0 amide bonds. The smallest absolute Gasteiger partial charge is 0.328 e. The molecule has 2 rings (SSSR count). The van der Waals surface area contributed by atoms with E-state index < -0.39 is 5.97 Å². The third kappa shape index (κ3) is 4.11. The van der Waals surface area contributed by atoms with Gasteiger partial charge in [-0.25, -0.2) is 4.79 Å². The number of rotatable bonds is 7. The maximum absolute atomic E-state index is 10.8. The first-order valence-corrected chi connectivity index (χ1v) is 9.86. The molecule has 1 saturated carbocycles. The lowest BCUT2D eigenvalue weighted by molar-refractivity contribution is -0.131. The second kappa shape index (κ2) is 7.82. The van der Waals surface area contributed by atoms with Crippen molar-refractivity contribution in [1.29, 1.82) is 0 Å². The molecule has 1 fully saturated rings. The van der Waals surface area contributed by atoms with Gasteiger partial charge in [0.2, 0.25) is 0 Å². The second-order valence-corrected chi connectivity index (χ2v) is 8.61. The van der Waals surface area contributed by atoms with Gasteiger partial charge in [-0.2, -0.15) is 0 Å². The van der Waals surface area contributed by atoms with Gasteiger partial charge in [0.15, 0.2) is 0 Å². The molecular weight excluding hydrogens is 320 g/mol. The van der Waals surface area contributed by atoms with Crippen molar-refractivity contribution >= 4 is 5.97 Å². The molecular formula is C24H34O2. The third-order valence-electron chi connectivity index (χ3n) is 6.08. The molecule has 0 unspecified atom stereocenters.